The summed E-state index contributed by atoms with van der Waals surface area (Å²) < 4.78 is 7.16. The Hall–Kier alpha value is -3.39. The van der Waals surface area contributed by atoms with Gasteiger partial charge >= 0.3 is 0 Å². The summed E-state index contributed by atoms with van der Waals surface area (Å²) in [6, 6.07) is 20.1. The predicted molar refractivity (Wildman–Crippen MR) is 127 cm³/mol. The van der Waals surface area contributed by atoms with Crippen LogP contribution in [0.1, 0.15) is 25.8 Å². The fourth-order valence-electron chi connectivity index (χ4n) is 3.71. The molecule has 0 amide bonds. The quantitative estimate of drug-likeness (QED) is 0.447. The largest absolute Gasteiger partial charge is 0.497 e. The van der Waals surface area contributed by atoms with Crippen LogP contribution in [-0.2, 0) is 0 Å². The van der Waals surface area contributed by atoms with Crippen molar-refractivity contribution in [2.75, 3.05) is 7.11 Å². The first-order valence-corrected chi connectivity index (χ1v) is 11.5. The average Bonchev–Trinajstić information content (AvgIpc) is 3.50. The van der Waals surface area contributed by atoms with E-state index in [-0.39, 0.29) is 5.25 Å². The van der Waals surface area contributed by atoms with Crippen molar-refractivity contribution < 1.29 is 4.74 Å². The highest BCUT2D eigenvalue weighted by atomic mass is 32.2. The lowest BCUT2D eigenvalue weighted by Crippen LogP contribution is -2.30. The number of nitrogens with zero attached hydrogens (tertiary/aromatic N) is 5. The molecule has 32 heavy (non-hydrogen) atoms. The van der Waals surface area contributed by atoms with Crippen molar-refractivity contribution in [1.82, 2.24) is 25.1 Å². The van der Waals surface area contributed by atoms with Gasteiger partial charge in [-0.3, -0.25) is 5.10 Å². The van der Waals surface area contributed by atoms with Crippen LogP contribution < -0.4 is 4.74 Å². The first kappa shape index (κ1) is 20.5. The molecule has 3 heterocycles. The molecule has 1 aliphatic rings. The lowest BCUT2D eigenvalue weighted by atomic mass is 9.96. The van der Waals surface area contributed by atoms with E-state index >= 15 is 0 Å². The minimum atomic E-state index is 0.194. The molecule has 162 valence electrons. The van der Waals surface area contributed by atoms with Crippen molar-refractivity contribution in [3.63, 3.8) is 0 Å². The lowest BCUT2D eigenvalue weighted by Gasteiger charge is -2.27. The summed E-state index contributed by atoms with van der Waals surface area (Å²) in [5, 5.41) is 22.5. The second kappa shape index (κ2) is 8.63. The van der Waals surface area contributed by atoms with Gasteiger partial charge in [0, 0.05) is 5.56 Å². The van der Waals surface area contributed by atoms with E-state index in [1.165, 1.54) is 0 Å². The van der Waals surface area contributed by atoms with E-state index in [0.29, 0.717) is 11.7 Å². The molecule has 1 aliphatic heterocycles. The smallest absolute Gasteiger partial charge is 0.213 e. The van der Waals surface area contributed by atoms with Crippen molar-refractivity contribution in [3.05, 3.63) is 66.2 Å². The summed E-state index contributed by atoms with van der Waals surface area (Å²) in [5.74, 6) is 1.91. The van der Waals surface area contributed by atoms with Gasteiger partial charge in [-0.05, 0) is 41.8 Å². The van der Waals surface area contributed by atoms with Crippen LogP contribution in [0.4, 0.5) is 0 Å². The van der Waals surface area contributed by atoms with Crippen LogP contribution >= 0.6 is 11.8 Å². The fraction of sp³-hybridized carbons (Fsp3) is 0.250. The molecule has 0 fully saturated rings. The molecule has 0 saturated carbocycles. The zero-order valence-electron chi connectivity index (χ0n) is 18.2. The standard InChI is InChI=1S/C24H24N6OS/c1-4-15(2)22-21(17-10-12-18(31-3)13-11-17)29-30-23(27-28-24(30)32-22)20-14-19(25-26-20)16-8-6-5-7-9-16/h5-15,22H,4H2,1-3H3,(H,25,26). The summed E-state index contributed by atoms with van der Waals surface area (Å²) >= 11 is 1.71. The SMILES string of the molecule is CCC(C)C1Sc2nnc(-c3cc(-c4ccccc4)n[nH]3)n2N=C1c1ccc(OC)cc1. The van der Waals surface area contributed by atoms with E-state index in [2.05, 4.69) is 46.4 Å². The molecule has 1 N–H and O–H groups in total. The number of aromatic nitrogens is 5. The number of thioether (sulfide) groups is 1. The minimum absolute atomic E-state index is 0.194. The van der Waals surface area contributed by atoms with Crippen LogP contribution in [0, 0.1) is 5.92 Å². The third-order valence-corrected chi connectivity index (χ3v) is 7.16. The maximum atomic E-state index is 5.33. The van der Waals surface area contributed by atoms with Gasteiger partial charge in [0.25, 0.3) is 0 Å². The van der Waals surface area contributed by atoms with E-state index in [4.69, 9.17) is 9.84 Å². The normalized spacial score (nSPS) is 16.3. The number of hydrogen-bond donors (Lipinski definition) is 1. The molecule has 2 aromatic carbocycles. The van der Waals surface area contributed by atoms with Gasteiger partial charge in [-0.25, -0.2) is 0 Å². The van der Waals surface area contributed by atoms with Crippen molar-refractivity contribution in [2.24, 2.45) is 11.0 Å². The minimum Gasteiger partial charge on any atom is -0.497 e. The number of methoxy groups -OCH3 is 1. The Morgan fingerprint density at radius 2 is 1.84 bits per heavy atom. The van der Waals surface area contributed by atoms with Gasteiger partial charge in [-0.15, -0.1) is 10.2 Å². The van der Waals surface area contributed by atoms with Crippen molar-refractivity contribution in [2.45, 2.75) is 30.7 Å². The number of rotatable bonds is 6. The van der Waals surface area contributed by atoms with E-state index in [1.807, 2.05) is 53.2 Å². The Morgan fingerprint density at radius 3 is 2.56 bits per heavy atom. The van der Waals surface area contributed by atoms with Gasteiger partial charge in [0.1, 0.15) is 11.4 Å². The molecule has 0 spiro atoms. The number of nitrogens with one attached hydrogen (secondary N) is 1. The molecule has 7 nitrogen and oxygen atoms in total. The van der Waals surface area contributed by atoms with Gasteiger partial charge in [-0.1, -0.05) is 62.4 Å². The summed E-state index contributed by atoms with van der Waals surface area (Å²) in [7, 11) is 1.68. The third-order valence-electron chi connectivity index (χ3n) is 5.76. The highest BCUT2D eigenvalue weighted by molar-refractivity contribution is 8.00. The van der Waals surface area contributed by atoms with Gasteiger partial charge in [0.15, 0.2) is 0 Å². The Labute approximate surface area is 190 Å². The highest BCUT2D eigenvalue weighted by Gasteiger charge is 2.32. The summed E-state index contributed by atoms with van der Waals surface area (Å²) in [6.07, 6.45) is 1.05. The van der Waals surface area contributed by atoms with E-state index in [9.17, 15) is 0 Å². The lowest BCUT2D eigenvalue weighted by molar-refractivity contribution is 0.415. The van der Waals surface area contributed by atoms with Crippen LogP contribution in [0.5, 0.6) is 5.75 Å². The van der Waals surface area contributed by atoms with E-state index < -0.39 is 0 Å². The number of H-pyrrole nitrogens is 1. The Kier molecular flexibility index (Phi) is 5.53. The molecule has 5 rings (SSSR count). The van der Waals surface area contributed by atoms with Gasteiger partial charge < -0.3 is 4.74 Å². The van der Waals surface area contributed by atoms with Gasteiger partial charge in [0.2, 0.25) is 11.0 Å². The van der Waals surface area contributed by atoms with Crippen LogP contribution in [0.25, 0.3) is 22.8 Å². The Balaban J connectivity index is 1.56. The number of hydrogen-bond acceptors (Lipinski definition) is 6. The molecule has 2 atom stereocenters. The average molecular weight is 445 g/mol. The molecule has 0 saturated heterocycles. The summed E-state index contributed by atoms with van der Waals surface area (Å²) in [4.78, 5) is 0. The fourth-order valence-corrected chi connectivity index (χ4v) is 4.97. The number of benzene rings is 2. The Bertz CT molecular complexity index is 1250. The van der Waals surface area contributed by atoms with Gasteiger partial charge in [0.05, 0.1) is 23.8 Å². The molecule has 2 unspecified atom stereocenters. The van der Waals surface area contributed by atoms with Crippen molar-refractivity contribution in [1.29, 1.82) is 0 Å². The van der Waals surface area contributed by atoms with Gasteiger partial charge in [-0.2, -0.15) is 14.9 Å². The molecule has 0 radical (unpaired) electrons. The molecule has 0 aliphatic carbocycles. The second-order valence-corrected chi connectivity index (χ2v) is 8.90. The topological polar surface area (TPSA) is 81.0 Å². The number of ether oxygens (including phenoxy) is 1. The number of fused-ring (bicyclic) bond motifs is 1. The second-order valence-electron chi connectivity index (χ2n) is 7.79. The highest BCUT2D eigenvalue weighted by Crippen LogP contribution is 2.37. The first-order valence-electron chi connectivity index (χ1n) is 10.6. The zero-order valence-corrected chi connectivity index (χ0v) is 19.0. The van der Waals surface area contributed by atoms with E-state index in [1.54, 1.807) is 18.9 Å². The third kappa shape index (κ3) is 3.71. The summed E-state index contributed by atoms with van der Waals surface area (Å²) in [6.45, 7) is 4.46. The molecule has 2 aromatic heterocycles. The number of aromatic amines is 1. The molecule has 8 heteroatoms. The van der Waals surface area contributed by atoms with Crippen LogP contribution in [-0.4, -0.2) is 43.1 Å². The van der Waals surface area contributed by atoms with Crippen LogP contribution in [0.2, 0.25) is 0 Å². The molecule has 0 bridgehead atoms. The first-order chi connectivity index (χ1) is 15.7. The van der Waals surface area contributed by atoms with Crippen molar-refractivity contribution >= 4 is 17.5 Å². The van der Waals surface area contributed by atoms with Crippen LogP contribution in [0.3, 0.4) is 0 Å². The predicted octanol–water partition coefficient (Wildman–Crippen LogP) is 5.12. The molecular formula is C24H24N6OS. The van der Waals surface area contributed by atoms with Crippen LogP contribution in [0.15, 0.2) is 70.9 Å². The monoisotopic (exact) mass is 444 g/mol. The summed E-state index contributed by atoms with van der Waals surface area (Å²) in [5.41, 5.74) is 4.77. The maximum Gasteiger partial charge on any atom is 0.213 e. The maximum absolute atomic E-state index is 5.33. The van der Waals surface area contributed by atoms with E-state index in [0.717, 1.165) is 45.6 Å². The molecular weight excluding hydrogens is 420 g/mol. The van der Waals surface area contributed by atoms with Crippen molar-refractivity contribution in [3.8, 4) is 28.5 Å². The zero-order chi connectivity index (χ0) is 22.1. The molecule has 4 aromatic rings. The Morgan fingerprint density at radius 1 is 1.06 bits per heavy atom.